The van der Waals surface area contributed by atoms with Gasteiger partial charge in [0.1, 0.15) is 0 Å². The molecule has 82 valence electrons. The Kier molecular flexibility index (Phi) is 3.45. The highest BCUT2D eigenvalue weighted by atomic mass is 16.5. The molecule has 4 atom stereocenters. The van der Waals surface area contributed by atoms with Crippen molar-refractivity contribution in [2.24, 2.45) is 17.8 Å². The summed E-state index contributed by atoms with van der Waals surface area (Å²) < 4.78 is 5.44. The molecule has 0 aromatic rings. The van der Waals surface area contributed by atoms with Crippen molar-refractivity contribution >= 4 is 0 Å². The average Bonchev–Trinajstić information content (AvgIpc) is 2.70. The van der Waals surface area contributed by atoms with E-state index in [1.165, 1.54) is 25.8 Å². The zero-order valence-corrected chi connectivity index (χ0v) is 9.46. The number of hydrogen-bond donors (Lipinski definition) is 1. The second-order valence-electron chi connectivity index (χ2n) is 5.02. The maximum atomic E-state index is 5.44. The molecule has 2 heteroatoms. The maximum Gasteiger partial charge on any atom is 0.0509 e. The van der Waals surface area contributed by atoms with E-state index >= 15 is 0 Å². The molecule has 0 aromatic carbocycles. The van der Waals surface area contributed by atoms with Crippen LogP contribution in [0.5, 0.6) is 0 Å². The van der Waals surface area contributed by atoms with Crippen LogP contribution in [0.4, 0.5) is 0 Å². The predicted octanol–water partition coefficient (Wildman–Crippen LogP) is 2.05. The molecule has 1 aliphatic heterocycles. The van der Waals surface area contributed by atoms with Crippen molar-refractivity contribution in [3.05, 3.63) is 0 Å². The molecule has 0 bridgehead atoms. The van der Waals surface area contributed by atoms with Crippen molar-refractivity contribution in [2.75, 3.05) is 19.8 Å². The normalized spacial score (nSPS) is 38.6. The molecule has 14 heavy (non-hydrogen) atoms. The molecule has 2 rings (SSSR count). The van der Waals surface area contributed by atoms with Gasteiger partial charge in [0.05, 0.1) is 6.61 Å². The summed E-state index contributed by atoms with van der Waals surface area (Å²) in [5.41, 5.74) is 0. The first-order valence-electron chi connectivity index (χ1n) is 6.12. The lowest BCUT2D eigenvalue weighted by Crippen LogP contribution is -2.37. The van der Waals surface area contributed by atoms with Crippen molar-refractivity contribution in [1.82, 2.24) is 5.32 Å². The molecule has 0 aromatic heterocycles. The molecule has 0 radical (unpaired) electrons. The summed E-state index contributed by atoms with van der Waals surface area (Å²) in [5.74, 6) is 2.71. The Morgan fingerprint density at radius 1 is 1.50 bits per heavy atom. The second kappa shape index (κ2) is 4.63. The number of ether oxygens (including phenoxy) is 1. The van der Waals surface area contributed by atoms with E-state index in [-0.39, 0.29) is 0 Å². The molecular formula is C12H23NO. The third kappa shape index (κ3) is 2.48. The zero-order valence-electron chi connectivity index (χ0n) is 9.46. The largest absolute Gasteiger partial charge is 0.381 e. The van der Waals surface area contributed by atoms with E-state index in [0.29, 0.717) is 6.04 Å². The summed E-state index contributed by atoms with van der Waals surface area (Å²) in [6, 6.07) is 0.699. The first-order valence-corrected chi connectivity index (χ1v) is 6.12. The lowest BCUT2D eigenvalue weighted by Gasteiger charge is -2.22. The minimum absolute atomic E-state index is 0.699. The monoisotopic (exact) mass is 197 g/mol. The number of hydrogen-bond acceptors (Lipinski definition) is 2. The number of nitrogens with one attached hydrogen (secondary N) is 1. The molecule has 1 saturated carbocycles. The van der Waals surface area contributed by atoms with Crippen LogP contribution in [0.1, 0.15) is 33.1 Å². The third-order valence-electron chi connectivity index (χ3n) is 3.89. The van der Waals surface area contributed by atoms with Gasteiger partial charge in [-0.15, -0.1) is 0 Å². The van der Waals surface area contributed by atoms with Crippen LogP contribution in [-0.2, 0) is 4.74 Å². The Labute approximate surface area is 87.4 Å². The molecule has 1 heterocycles. The number of rotatable bonds is 5. The van der Waals surface area contributed by atoms with Crippen LogP contribution in [0.3, 0.4) is 0 Å². The summed E-state index contributed by atoms with van der Waals surface area (Å²) in [4.78, 5) is 0. The highest BCUT2D eigenvalue weighted by molar-refractivity contribution is 4.87. The van der Waals surface area contributed by atoms with E-state index in [0.717, 1.165) is 31.0 Å². The van der Waals surface area contributed by atoms with Crippen LogP contribution in [0.15, 0.2) is 0 Å². The zero-order chi connectivity index (χ0) is 9.97. The van der Waals surface area contributed by atoms with Crippen LogP contribution in [0, 0.1) is 17.8 Å². The highest BCUT2D eigenvalue weighted by Crippen LogP contribution is 2.37. The molecule has 0 spiro atoms. The topological polar surface area (TPSA) is 21.3 Å². The molecule has 2 nitrogen and oxygen atoms in total. The molecule has 4 unspecified atom stereocenters. The van der Waals surface area contributed by atoms with Crippen LogP contribution in [0.2, 0.25) is 0 Å². The maximum absolute atomic E-state index is 5.44. The summed E-state index contributed by atoms with van der Waals surface area (Å²) in [5, 5.41) is 3.72. The van der Waals surface area contributed by atoms with Gasteiger partial charge in [0.15, 0.2) is 0 Å². The third-order valence-corrected chi connectivity index (χ3v) is 3.89. The van der Waals surface area contributed by atoms with E-state index in [1.54, 1.807) is 0 Å². The average molecular weight is 197 g/mol. The summed E-state index contributed by atoms with van der Waals surface area (Å²) >= 11 is 0. The first-order chi connectivity index (χ1) is 6.81. The Morgan fingerprint density at radius 3 is 2.79 bits per heavy atom. The smallest absolute Gasteiger partial charge is 0.0509 e. The van der Waals surface area contributed by atoms with E-state index in [4.69, 9.17) is 4.74 Å². The van der Waals surface area contributed by atoms with Crippen LogP contribution >= 0.6 is 0 Å². The quantitative estimate of drug-likeness (QED) is 0.728. The Balaban J connectivity index is 1.69. The predicted molar refractivity (Wildman–Crippen MR) is 58.3 cm³/mol. The van der Waals surface area contributed by atoms with E-state index in [1.807, 2.05) is 0 Å². The van der Waals surface area contributed by atoms with Gasteiger partial charge >= 0.3 is 0 Å². The minimum Gasteiger partial charge on any atom is -0.381 e. The lowest BCUT2D eigenvalue weighted by atomic mass is 9.97. The molecule has 2 fully saturated rings. The SMILES string of the molecule is CCC(NCC1CC1C)C1CCOC1. The van der Waals surface area contributed by atoms with Crippen molar-refractivity contribution in [3.8, 4) is 0 Å². The van der Waals surface area contributed by atoms with Crippen molar-refractivity contribution in [3.63, 3.8) is 0 Å². The van der Waals surface area contributed by atoms with E-state index in [2.05, 4.69) is 19.2 Å². The fourth-order valence-corrected chi connectivity index (χ4v) is 2.50. The Bertz CT molecular complexity index is 177. The van der Waals surface area contributed by atoms with Crippen molar-refractivity contribution < 1.29 is 4.74 Å². The molecule has 2 aliphatic rings. The van der Waals surface area contributed by atoms with Gasteiger partial charge < -0.3 is 10.1 Å². The van der Waals surface area contributed by atoms with Crippen LogP contribution < -0.4 is 5.32 Å². The van der Waals surface area contributed by atoms with Crippen LogP contribution in [0.25, 0.3) is 0 Å². The molecule has 1 aliphatic carbocycles. The highest BCUT2D eigenvalue weighted by Gasteiger charge is 2.33. The van der Waals surface area contributed by atoms with Crippen molar-refractivity contribution in [2.45, 2.75) is 39.2 Å². The fourth-order valence-electron chi connectivity index (χ4n) is 2.50. The van der Waals surface area contributed by atoms with Gasteiger partial charge in [-0.1, -0.05) is 13.8 Å². The lowest BCUT2D eigenvalue weighted by molar-refractivity contribution is 0.175. The van der Waals surface area contributed by atoms with Gasteiger partial charge in [0.25, 0.3) is 0 Å². The van der Waals surface area contributed by atoms with Gasteiger partial charge in [-0.25, -0.2) is 0 Å². The Hall–Kier alpha value is -0.0800. The van der Waals surface area contributed by atoms with Crippen LogP contribution in [-0.4, -0.2) is 25.8 Å². The van der Waals surface area contributed by atoms with E-state index < -0.39 is 0 Å². The molecule has 1 N–H and O–H groups in total. The fraction of sp³-hybridized carbons (Fsp3) is 1.00. The summed E-state index contributed by atoms with van der Waals surface area (Å²) in [6.45, 7) is 7.82. The van der Waals surface area contributed by atoms with Gasteiger partial charge in [-0.3, -0.25) is 0 Å². The Morgan fingerprint density at radius 2 is 2.29 bits per heavy atom. The van der Waals surface area contributed by atoms with Gasteiger partial charge in [0.2, 0.25) is 0 Å². The molecule has 1 saturated heterocycles. The van der Waals surface area contributed by atoms with Gasteiger partial charge in [-0.2, -0.15) is 0 Å². The standard InChI is InChI=1S/C12H23NO/c1-3-12(10-4-5-14-8-10)13-7-11-6-9(11)2/h9-13H,3-8H2,1-2H3. The second-order valence-corrected chi connectivity index (χ2v) is 5.02. The molecular weight excluding hydrogens is 174 g/mol. The summed E-state index contributed by atoms with van der Waals surface area (Å²) in [7, 11) is 0. The van der Waals surface area contributed by atoms with Gasteiger partial charge in [0, 0.05) is 12.6 Å². The first kappa shape index (κ1) is 10.4. The van der Waals surface area contributed by atoms with Crippen molar-refractivity contribution in [1.29, 1.82) is 0 Å². The summed E-state index contributed by atoms with van der Waals surface area (Å²) in [6.07, 6.45) is 3.94. The van der Waals surface area contributed by atoms with E-state index in [9.17, 15) is 0 Å². The van der Waals surface area contributed by atoms with Gasteiger partial charge in [-0.05, 0) is 43.6 Å². The molecule has 0 amide bonds. The minimum atomic E-state index is 0.699.